The van der Waals surface area contributed by atoms with E-state index >= 15 is 0 Å². The van der Waals surface area contributed by atoms with Gasteiger partial charge in [-0.2, -0.15) is 0 Å². The zero-order valence-corrected chi connectivity index (χ0v) is 9.57. The third-order valence-corrected chi connectivity index (χ3v) is 3.22. The summed E-state index contributed by atoms with van der Waals surface area (Å²) in [6.45, 7) is 5.81. The van der Waals surface area contributed by atoms with Gasteiger partial charge >= 0.3 is 0 Å². The van der Waals surface area contributed by atoms with Gasteiger partial charge in [-0.05, 0) is 13.0 Å². The second kappa shape index (κ2) is 5.41. The van der Waals surface area contributed by atoms with Gasteiger partial charge in [0.25, 0.3) is 0 Å². The summed E-state index contributed by atoms with van der Waals surface area (Å²) in [6, 6.07) is 0. The molecule has 2 fully saturated rings. The summed E-state index contributed by atoms with van der Waals surface area (Å²) >= 11 is 0. The Kier molecular flexibility index (Phi) is 3.90. The van der Waals surface area contributed by atoms with Crippen LogP contribution in [0.5, 0.6) is 0 Å². The Morgan fingerprint density at radius 2 is 1.62 bits per heavy atom. The van der Waals surface area contributed by atoms with Gasteiger partial charge in [-0.15, -0.1) is 0 Å². The van der Waals surface area contributed by atoms with Crippen LogP contribution in [-0.4, -0.2) is 60.9 Å². The third-order valence-electron chi connectivity index (χ3n) is 3.22. The Bertz CT molecular complexity index is 258. The van der Waals surface area contributed by atoms with Gasteiger partial charge in [0, 0.05) is 45.6 Å². The van der Waals surface area contributed by atoms with Gasteiger partial charge in [-0.3, -0.25) is 14.5 Å². The summed E-state index contributed by atoms with van der Waals surface area (Å²) in [5.41, 5.74) is 0. The second-order valence-electron chi connectivity index (χ2n) is 4.38. The second-order valence-corrected chi connectivity index (χ2v) is 4.38. The number of piperazine rings is 1. The normalized spacial score (nSPS) is 23.1. The van der Waals surface area contributed by atoms with Gasteiger partial charge in [0.15, 0.2) is 0 Å². The Hall–Kier alpha value is -0.940. The van der Waals surface area contributed by atoms with Gasteiger partial charge < -0.3 is 10.2 Å². The van der Waals surface area contributed by atoms with Crippen LogP contribution in [0, 0.1) is 0 Å². The van der Waals surface area contributed by atoms with Crippen LogP contribution >= 0.6 is 0 Å². The lowest BCUT2D eigenvalue weighted by molar-refractivity contribution is -0.138. The van der Waals surface area contributed by atoms with Crippen LogP contribution in [0.3, 0.4) is 0 Å². The third kappa shape index (κ3) is 2.80. The number of likely N-dealkylation sites (tertiary alicyclic amines) is 1. The number of amides is 2. The number of carbonyl (C=O) groups excluding carboxylic acids is 2. The molecule has 5 heteroatoms. The van der Waals surface area contributed by atoms with E-state index in [9.17, 15) is 9.59 Å². The maximum absolute atomic E-state index is 11.3. The van der Waals surface area contributed by atoms with Crippen molar-refractivity contribution in [1.29, 1.82) is 0 Å². The predicted octanol–water partition coefficient (Wildman–Crippen LogP) is -0.569. The summed E-state index contributed by atoms with van der Waals surface area (Å²) in [5, 5.41) is 3.30. The van der Waals surface area contributed by atoms with E-state index in [1.54, 1.807) is 0 Å². The van der Waals surface area contributed by atoms with E-state index in [2.05, 4.69) is 10.2 Å². The van der Waals surface area contributed by atoms with Crippen LogP contribution in [0.4, 0.5) is 0 Å². The molecule has 0 unspecified atom stereocenters. The van der Waals surface area contributed by atoms with Gasteiger partial charge in [0.1, 0.15) is 0 Å². The zero-order chi connectivity index (χ0) is 11.4. The molecule has 0 spiro atoms. The van der Waals surface area contributed by atoms with E-state index in [1.807, 2.05) is 0 Å². The number of imide groups is 1. The molecule has 2 aliphatic heterocycles. The highest BCUT2D eigenvalue weighted by molar-refractivity contribution is 6.01. The monoisotopic (exact) mass is 225 g/mol. The number of nitrogens with one attached hydrogen (secondary N) is 1. The van der Waals surface area contributed by atoms with Crippen molar-refractivity contribution in [3.63, 3.8) is 0 Å². The molecule has 0 aromatic heterocycles. The average Bonchev–Trinajstić information content (AvgIpc) is 2.62. The highest BCUT2D eigenvalue weighted by atomic mass is 16.2. The molecule has 90 valence electrons. The molecule has 5 nitrogen and oxygen atoms in total. The predicted molar refractivity (Wildman–Crippen MR) is 59.9 cm³/mol. The minimum Gasteiger partial charge on any atom is -0.314 e. The van der Waals surface area contributed by atoms with Crippen molar-refractivity contribution in [3.8, 4) is 0 Å². The molecule has 0 bridgehead atoms. The number of hydrogen-bond acceptors (Lipinski definition) is 4. The van der Waals surface area contributed by atoms with Crippen molar-refractivity contribution < 1.29 is 9.59 Å². The van der Waals surface area contributed by atoms with E-state index in [0.717, 1.165) is 39.1 Å². The van der Waals surface area contributed by atoms with E-state index in [0.29, 0.717) is 19.4 Å². The lowest BCUT2D eigenvalue weighted by Gasteiger charge is -2.27. The Balaban J connectivity index is 1.67. The number of hydrogen-bond donors (Lipinski definition) is 1. The summed E-state index contributed by atoms with van der Waals surface area (Å²) in [4.78, 5) is 26.5. The van der Waals surface area contributed by atoms with Crippen LogP contribution in [0.2, 0.25) is 0 Å². The highest BCUT2D eigenvalue weighted by Crippen LogP contribution is 2.11. The Morgan fingerprint density at radius 3 is 2.25 bits per heavy atom. The molecular weight excluding hydrogens is 206 g/mol. The molecule has 2 heterocycles. The van der Waals surface area contributed by atoms with Crippen LogP contribution in [0.15, 0.2) is 0 Å². The molecule has 16 heavy (non-hydrogen) atoms. The molecule has 1 N–H and O–H groups in total. The molecule has 0 aromatic carbocycles. The Morgan fingerprint density at radius 1 is 1.00 bits per heavy atom. The molecule has 0 saturated carbocycles. The van der Waals surface area contributed by atoms with Crippen molar-refractivity contribution in [2.75, 3.05) is 39.3 Å². The summed E-state index contributed by atoms with van der Waals surface area (Å²) < 4.78 is 0. The fourth-order valence-corrected chi connectivity index (χ4v) is 2.26. The van der Waals surface area contributed by atoms with Gasteiger partial charge in [0.05, 0.1) is 0 Å². The molecule has 2 aliphatic rings. The summed E-state index contributed by atoms with van der Waals surface area (Å²) in [7, 11) is 0. The Labute approximate surface area is 95.8 Å². The first-order valence-corrected chi connectivity index (χ1v) is 6.03. The van der Waals surface area contributed by atoms with Crippen molar-refractivity contribution >= 4 is 11.8 Å². The molecule has 2 saturated heterocycles. The standard InChI is InChI=1S/C11H19N3O2/c15-10-2-3-11(16)14(10)7-1-6-13-8-4-12-5-9-13/h12H,1-9H2. The van der Waals surface area contributed by atoms with Gasteiger partial charge in [-0.25, -0.2) is 0 Å². The van der Waals surface area contributed by atoms with Crippen molar-refractivity contribution in [2.24, 2.45) is 0 Å². The maximum Gasteiger partial charge on any atom is 0.229 e. The first-order valence-electron chi connectivity index (χ1n) is 6.03. The van der Waals surface area contributed by atoms with E-state index in [4.69, 9.17) is 0 Å². The molecule has 2 amide bonds. The lowest BCUT2D eigenvalue weighted by atomic mass is 10.3. The fourth-order valence-electron chi connectivity index (χ4n) is 2.26. The molecule has 0 radical (unpaired) electrons. The maximum atomic E-state index is 11.3. The fraction of sp³-hybridized carbons (Fsp3) is 0.818. The number of nitrogens with zero attached hydrogens (tertiary/aromatic N) is 2. The molecule has 0 aliphatic carbocycles. The quantitative estimate of drug-likeness (QED) is 0.651. The zero-order valence-electron chi connectivity index (χ0n) is 9.57. The van der Waals surface area contributed by atoms with Crippen molar-refractivity contribution in [2.45, 2.75) is 19.3 Å². The molecular formula is C11H19N3O2. The smallest absolute Gasteiger partial charge is 0.229 e. The van der Waals surface area contributed by atoms with E-state index in [-0.39, 0.29) is 11.8 Å². The van der Waals surface area contributed by atoms with Gasteiger partial charge in [0.2, 0.25) is 11.8 Å². The first kappa shape index (κ1) is 11.5. The van der Waals surface area contributed by atoms with Crippen molar-refractivity contribution in [1.82, 2.24) is 15.1 Å². The average molecular weight is 225 g/mol. The lowest BCUT2D eigenvalue weighted by Crippen LogP contribution is -2.44. The minimum absolute atomic E-state index is 0.00492. The van der Waals surface area contributed by atoms with E-state index in [1.165, 1.54) is 4.90 Å². The molecule has 0 atom stereocenters. The number of carbonyl (C=O) groups is 2. The summed E-state index contributed by atoms with van der Waals surface area (Å²) in [6.07, 6.45) is 1.72. The van der Waals surface area contributed by atoms with Crippen LogP contribution in [-0.2, 0) is 9.59 Å². The topological polar surface area (TPSA) is 52.7 Å². The van der Waals surface area contributed by atoms with Crippen LogP contribution in [0.1, 0.15) is 19.3 Å². The first-order chi connectivity index (χ1) is 7.77. The van der Waals surface area contributed by atoms with Gasteiger partial charge in [-0.1, -0.05) is 0 Å². The minimum atomic E-state index is 0.00492. The summed E-state index contributed by atoms with van der Waals surface area (Å²) in [5.74, 6) is 0.00983. The van der Waals surface area contributed by atoms with E-state index < -0.39 is 0 Å². The molecule has 2 rings (SSSR count). The highest BCUT2D eigenvalue weighted by Gasteiger charge is 2.28. The number of rotatable bonds is 4. The van der Waals surface area contributed by atoms with Crippen molar-refractivity contribution in [3.05, 3.63) is 0 Å². The largest absolute Gasteiger partial charge is 0.314 e. The molecule has 0 aromatic rings. The SMILES string of the molecule is O=C1CCC(=O)N1CCCN1CCNCC1. The van der Waals surface area contributed by atoms with Crippen LogP contribution < -0.4 is 5.32 Å². The van der Waals surface area contributed by atoms with Crippen LogP contribution in [0.25, 0.3) is 0 Å².